The number of carboxylic acid groups (broad SMARTS) is 1. The number of rotatable bonds is 10. The van der Waals surface area contributed by atoms with Crippen LogP contribution in [0.1, 0.15) is 12.0 Å². The Balaban J connectivity index is 0.00000123. The normalized spacial score (nSPS) is 19.0. The molecule has 4 N–H and O–H groups in total. The molecule has 2 atom stereocenters. The van der Waals surface area contributed by atoms with Gasteiger partial charge in [0, 0.05) is 24.7 Å². The van der Waals surface area contributed by atoms with Crippen LogP contribution < -0.4 is 30.3 Å². The van der Waals surface area contributed by atoms with E-state index in [9.17, 15) is 9.59 Å². The molecule has 0 saturated carbocycles. The largest absolute Gasteiger partial charge is 0.483 e. The summed E-state index contributed by atoms with van der Waals surface area (Å²) in [6, 6.07) is 17.5. The number of hydrogen-bond acceptors (Lipinski definition) is 11. The molecule has 3 aliphatic rings. The molecule has 2 fully saturated rings. The second-order valence-electron chi connectivity index (χ2n) is 10.1. The third kappa shape index (κ3) is 8.18. The maximum Gasteiger partial charge on any atom is 0.415 e. The number of benzene rings is 1. The molecule has 232 valence electrons. The van der Waals surface area contributed by atoms with E-state index in [2.05, 4.69) is 38.1 Å². The molecule has 6 rings (SSSR count). The Morgan fingerprint density at radius 2 is 2.00 bits per heavy atom. The maximum absolute atomic E-state index is 12.5. The van der Waals surface area contributed by atoms with Crippen molar-refractivity contribution >= 4 is 30.1 Å². The Labute approximate surface area is 253 Å². The van der Waals surface area contributed by atoms with Crippen molar-refractivity contribution in [2.24, 2.45) is 0 Å². The van der Waals surface area contributed by atoms with Crippen molar-refractivity contribution in [3.63, 3.8) is 0 Å². The van der Waals surface area contributed by atoms with Crippen molar-refractivity contribution in [3.05, 3.63) is 60.2 Å². The van der Waals surface area contributed by atoms with Gasteiger partial charge in [0.15, 0.2) is 18.2 Å². The van der Waals surface area contributed by atoms with Crippen LogP contribution in [0.15, 0.2) is 54.6 Å². The summed E-state index contributed by atoms with van der Waals surface area (Å²) in [5.74, 6) is 1.50. The van der Waals surface area contributed by atoms with E-state index < -0.39 is 6.09 Å². The first-order valence-corrected chi connectivity index (χ1v) is 14.2. The van der Waals surface area contributed by atoms with E-state index >= 15 is 0 Å². The lowest BCUT2D eigenvalue weighted by atomic mass is 10.1. The summed E-state index contributed by atoms with van der Waals surface area (Å²) in [6.07, 6.45) is -0.0817. The first-order chi connectivity index (χ1) is 21.5. The molecule has 3 aliphatic heterocycles. The number of morpholine rings is 1. The summed E-state index contributed by atoms with van der Waals surface area (Å²) >= 11 is 0. The van der Waals surface area contributed by atoms with Gasteiger partial charge in [0.2, 0.25) is 5.88 Å². The van der Waals surface area contributed by atoms with Crippen LogP contribution in [-0.2, 0) is 25.6 Å². The first kappa shape index (κ1) is 30.7. The number of carbonyl (C=O) groups excluding carboxylic acids is 2. The van der Waals surface area contributed by atoms with E-state index in [1.807, 2.05) is 30.3 Å². The number of pyridine rings is 2. The predicted molar refractivity (Wildman–Crippen MR) is 159 cm³/mol. The van der Waals surface area contributed by atoms with Gasteiger partial charge in [0.25, 0.3) is 12.4 Å². The first-order valence-electron chi connectivity index (χ1n) is 14.2. The Kier molecular flexibility index (Phi) is 10.5. The zero-order valence-corrected chi connectivity index (χ0v) is 23.9. The highest BCUT2D eigenvalue weighted by Gasteiger charge is 2.33. The summed E-state index contributed by atoms with van der Waals surface area (Å²) in [5, 5.41) is 16.4. The lowest BCUT2D eigenvalue weighted by molar-refractivity contribution is -0.123. The van der Waals surface area contributed by atoms with Crippen molar-refractivity contribution in [1.29, 1.82) is 0 Å². The van der Waals surface area contributed by atoms with Crippen molar-refractivity contribution < 1.29 is 38.4 Å². The Morgan fingerprint density at radius 1 is 1.14 bits per heavy atom. The van der Waals surface area contributed by atoms with E-state index in [1.165, 1.54) is 4.90 Å². The van der Waals surface area contributed by atoms with E-state index in [1.54, 1.807) is 12.1 Å². The second-order valence-corrected chi connectivity index (χ2v) is 10.1. The molecule has 2 amide bonds. The van der Waals surface area contributed by atoms with Crippen molar-refractivity contribution in [3.8, 4) is 22.9 Å². The summed E-state index contributed by atoms with van der Waals surface area (Å²) in [7, 11) is 0. The van der Waals surface area contributed by atoms with E-state index in [0.717, 1.165) is 30.0 Å². The van der Waals surface area contributed by atoms with Crippen LogP contribution in [0.5, 0.6) is 11.6 Å². The van der Waals surface area contributed by atoms with Gasteiger partial charge in [-0.2, -0.15) is 0 Å². The minimum absolute atomic E-state index is 0.0485. The number of hydrogen-bond donors (Lipinski definition) is 4. The van der Waals surface area contributed by atoms with Gasteiger partial charge in [0.1, 0.15) is 18.5 Å². The molecule has 14 heteroatoms. The highest BCUT2D eigenvalue weighted by Crippen LogP contribution is 2.30. The lowest BCUT2D eigenvalue weighted by Gasteiger charge is -2.23. The molecule has 5 heterocycles. The molecule has 3 aromatic rings. The number of fused-ring (bicyclic) bond motifs is 1. The van der Waals surface area contributed by atoms with Gasteiger partial charge in [0.05, 0.1) is 31.5 Å². The molecule has 0 bridgehead atoms. The number of carbonyl (C=O) groups is 3. The number of cyclic esters (lactones) is 1. The molecule has 1 unspecified atom stereocenters. The standard InChI is InChI=1S/C29H32N6O6.CH2O2/c36-26-18-39-24-7-8-25(33-28(24)34-26)35-15-22(41-29(35)37)9-10-30-14-19-3-1-4-20(13-19)23-5-2-6-27(32-23)40-17-21-16-38-12-11-31-21;2-1-3/h1-8,13,21-22,30-31H,9-12,14-18H2,(H,33,34,36);1H,(H,2,3)/t21?,22-;/m0./s1. The quantitative estimate of drug-likeness (QED) is 0.196. The number of aromatic nitrogens is 2. The number of nitrogens with one attached hydrogen (secondary N) is 3. The fourth-order valence-corrected chi connectivity index (χ4v) is 4.87. The van der Waals surface area contributed by atoms with E-state index in [0.29, 0.717) is 62.5 Å². The minimum Gasteiger partial charge on any atom is -0.483 e. The average Bonchev–Trinajstić information content (AvgIpc) is 3.43. The smallest absolute Gasteiger partial charge is 0.415 e. The topological polar surface area (TPSA) is 173 Å². The van der Waals surface area contributed by atoms with Crippen molar-refractivity contribution in [2.75, 3.05) is 56.3 Å². The van der Waals surface area contributed by atoms with Crippen LogP contribution in [-0.4, -0.2) is 91.8 Å². The van der Waals surface area contributed by atoms with Gasteiger partial charge < -0.3 is 40.0 Å². The molecule has 14 nitrogen and oxygen atoms in total. The highest BCUT2D eigenvalue weighted by atomic mass is 16.6. The fraction of sp³-hybridized carbons (Fsp3) is 0.367. The predicted octanol–water partition coefficient (Wildman–Crippen LogP) is 2.05. The molecule has 1 aromatic carbocycles. The van der Waals surface area contributed by atoms with Crippen LogP contribution in [0.4, 0.5) is 16.4 Å². The molecular formula is C30H34N6O8. The number of nitrogens with zero attached hydrogens (tertiary/aromatic N) is 3. The monoisotopic (exact) mass is 606 g/mol. The zero-order valence-electron chi connectivity index (χ0n) is 23.9. The van der Waals surface area contributed by atoms with Crippen LogP contribution >= 0.6 is 0 Å². The van der Waals surface area contributed by atoms with Gasteiger partial charge in [-0.3, -0.25) is 14.5 Å². The fourth-order valence-electron chi connectivity index (χ4n) is 4.87. The number of anilines is 2. The SMILES string of the molecule is O=C1COc2ccc(N3C[C@H](CCNCc4cccc(-c5cccc(OCC6COCCN6)n5)c4)OC3=O)nc2N1.O=CO. The second kappa shape index (κ2) is 15.1. The number of amides is 2. The summed E-state index contributed by atoms with van der Waals surface area (Å²) < 4.78 is 22.3. The molecule has 0 aliphatic carbocycles. The third-order valence-corrected chi connectivity index (χ3v) is 6.96. The van der Waals surface area contributed by atoms with Gasteiger partial charge in [-0.1, -0.05) is 24.3 Å². The molecule has 2 saturated heterocycles. The van der Waals surface area contributed by atoms with Crippen LogP contribution in [0.2, 0.25) is 0 Å². The third-order valence-electron chi connectivity index (χ3n) is 6.96. The molecule has 0 spiro atoms. The van der Waals surface area contributed by atoms with Crippen LogP contribution in [0.3, 0.4) is 0 Å². The van der Waals surface area contributed by atoms with Crippen molar-refractivity contribution in [1.82, 2.24) is 20.6 Å². The number of ether oxygens (including phenoxy) is 4. The summed E-state index contributed by atoms with van der Waals surface area (Å²) in [4.78, 5) is 43.0. The maximum atomic E-state index is 12.5. The minimum atomic E-state index is -0.458. The van der Waals surface area contributed by atoms with Gasteiger partial charge in [-0.05, 0) is 42.8 Å². The van der Waals surface area contributed by atoms with Gasteiger partial charge in [-0.15, -0.1) is 0 Å². The van der Waals surface area contributed by atoms with Gasteiger partial charge >= 0.3 is 6.09 Å². The molecular weight excluding hydrogens is 572 g/mol. The van der Waals surface area contributed by atoms with Crippen molar-refractivity contribution in [2.45, 2.75) is 25.1 Å². The Hall–Kier alpha value is -4.79. The van der Waals surface area contributed by atoms with E-state index in [-0.39, 0.29) is 31.1 Å². The molecule has 0 radical (unpaired) electrons. The Morgan fingerprint density at radius 3 is 2.84 bits per heavy atom. The molecule has 44 heavy (non-hydrogen) atoms. The van der Waals surface area contributed by atoms with Crippen LogP contribution in [0.25, 0.3) is 11.3 Å². The lowest BCUT2D eigenvalue weighted by Crippen LogP contribution is -2.44. The van der Waals surface area contributed by atoms with Gasteiger partial charge in [-0.25, -0.2) is 14.8 Å². The van der Waals surface area contributed by atoms with E-state index in [4.69, 9.17) is 28.8 Å². The Bertz CT molecular complexity index is 1450. The highest BCUT2D eigenvalue weighted by molar-refractivity contribution is 5.95. The molecule has 2 aromatic heterocycles. The summed E-state index contributed by atoms with van der Waals surface area (Å²) in [5.41, 5.74) is 2.97. The zero-order chi connectivity index (χ0) is 30.7. The van der Waals surface area contributed by atoms with Crippen LogP contribution in [0, 0.1) is 0 Å². The summed E-state index contributed by atoms with van der Waals surface area (Å²) in [6.45, 7) is 4.11. The average molecular weight is 607 g/mol.